The Balaban J connectivity index is 3.15. The molecule has 15 heavy (non-hydrogen) atoms. The molecule has 1 aromatic heterocycles. The van der Waals surface area contributed by atoms with Crippen LogP contribution in [0.1, 0.15) is 16.1 Å². The SMILES string of the molecule is COC(=O)c1cnc(C(F)(F)F)cc1Br. The van der Waals surface area contributed by atoms with Gasteiger partial charge in [0.2, 0.25) is 0 Å². The Morgan fingerprint density at radius 3 is 2.53 bits per heavy atom. The van der Waals surface area contributed by atoms with Crippen LogP contribution in [0.3, 0.4) is 0 Å². The second-order valence-electron chi connectivity index (χ2n) is 2.54. The number of hydrogen-bond donors (Lipinski definition) is 0. The number of carbonyl (C=O) groups excluding carboxylic acids is 1. The van der Waals surface area contributed by atoms with E-state index in [-0.39, 0.29) is 10.0 Å². The van der Waals surface area contributed by atoms with Crippen molar-refractivity contribution in [1.82, 2.24) is 4.98 Å². The zero-order valence-electron chi connectivity index (χ0n) is 7.43. The number of halogens is 4. The normalized spacial score (nSPS) is 11.3. The minimum absolute atomic E-state index is 0.00308. The van der Waals surface area contributed by atoms with Crippen LogP contribution in [0.4, 0.5) is 13.2 Å². The lowest BCUT2D eigenvalue weighted by Crippen LogP contribution is -2.10. The van der Waals surface area contributed by atoms with Gasteiger partial charge in [-0.2, -0.15) is 13.2 Å². The van der Waals surface area contributed by atoms with E-state index in [9.17, 15) is 18.0 Å². The lowest BCUT2D eigenvalue weighted by atomic mass is 10.2. The van der Waals surface area contributed by atoms with Crippen molar-refractivity contribution in [1.29, 1.82) is 0 Å². The third-order valence-corrected chi connectivity index (χ3v) is 2.21. The maximum absolute atomic E-state index is 12.2. The van der Waals surface area contributed by atoms with Crippen LogP contribution in [-0.4, -0.2) is 18.1 Å². The van der Waals surface area contributed by atoms with Crippen LogP contribution in [-0.2, 0) is 10.9 Å². The molecule has 82 valence electrons. The fraction of sp³-hybridized carbons (Fsp3) is 0.250. The maximum Gasteiger partial charge on any atom is 0.433 e. The Bertz CT molecular complexity index is 392. The van der Waals surface area contributed by atoms with Crippen LogP contribution < -0.4 is 0 Å². The molecule has 0 radical (unpaired) electrons. The van der Waals surface area contributed by atoms with Crippen LogP contribution in [0.25, 0.3) is 0 Å². The van der Waals surface area contributed by atoms with Gasteiger partial charge in [0, 0.05) is 10.7 Å². The van der Waals surface area contributed by atoms with E-state index in [1.165, 1.54) is 0 Å². The first kappa shape index (κ1) is 12.0. The van der Waals surface area contributed by atoms with Gasteiger partial charge in [0.05, 0.1) is 12.7 Å². The van der Waals surface area contributed by atoms with Gasteiger partial charge in [0.15, 0.2) is 0 Å². The summed E-state index contributed by atoms with van der Waals surface area (Å²) < 4.78 is 40.9. The van der Waals surface area contributed by atoms with E-state index in [4.69, 9.17) is 0 Å². The zero-order valence-corrected chi connectivity index (χ0v) is 9.02. The molecule has 0 saturated heterocycles. The summed E-state index contributed by atoms with van der Waals surface area (Å²) in [5.41, 5.74) is -1.12. The van der Waals surface area contributed by atoms with Gasteiger partial charge in [-0.25, -0.2) is 4.79 Å². The average molecular weight is 284 g/mol. The van der Waals surface area contributed by atoms with Crippen molar-refractivity contribution < 1.29 is 22.7 Å². The highest BCUT2D eigenvalue weighted by Crippen LogP contribution is 2.30. The molecule has 0 spiro atoms. The van der Waals surface area contributed by atoms with Gasteiger partial charge in [0.1, 0.15) is 5.69 Å². The van der Waals surface area contributed by atoms with Crippen LogP contribution in [0.5, 0.6) is 0 Å². The number of alkyl halides is 3. The molecule has 0 fully saturated rings. The number of nitrogens with zero attached hydrogens (tertiary/aromatic N) is 1. The topological polar surface area (TPSA) is 39.2 Å². The molecule has 0 amide bonds. The number of carbonyl (C=O) groups is 1. The van der Waals surface area contributed by atoms with E-state index in [0.717, 1.165) is 19.4 Å². The van der Waals surface area contributed by atoms with Crippen molar-refractivity contribution in [3.63, 3.8) is 0 Å². The van der Waals surface area contributed by atoms with Crippen molar-refractivity contribution in [2.75, 3.05) is 7.11 Å². The number of rotatable bonds is 1. The van der Waals surface area contributed by atoms with Gasteiger partial charge in [-0.3, -0.25) is 4.98 Å². The average Bonchev–Trinajstić information content (AvgIpc) is 2.15. The van der Waals surface area contributed by atoms with E-state index in [1.54, 1.807) is 0 Å². The van der Waals surface area contributed by atoms with Gasteiger partial charge < -0.3 is 4.74 Å². The molecule has 1 rings (SSSR count). The maximum atomic E-state index is 12.2. The van der Waals surface area contributed by atoms with E-state index in [1.807, 2.05) is 0 Å². The summed E-state index contributed by atoms with van der Waals surface area (Å²) in [4.78, 5) is 14.1. The molecule has 7 heteroatoms. The molecular weight excluding hydrogens is 279 g/mol. The molecule has 0 aliphatic rings. The van der Waals surface area contributed by atoms with E-state index in [2.05, 4.69) is 25.7 Å². The van der Waals surface area contributed by atoms with E-state index >= 15 is 0 Å². The monoisotopic (exact) mass is 283 g/mol. The number of pyridine rings is 1. The van der Waals surface area contributed by atoms with Gasteiger partial charge in [-0.05, 0) is 22.0 Å². The van der Waals surface area contributed by atoms with Crippen molar-refractivity contribution in [3.05, 3.63) is 28.0 Å². The summed E-state index contributed by atoms with van der Waals surface area (Å²) in [7, 11) is 1.13. The summed E-state index contributed by atoms with van der Waals surface area (Å²) >= 11 is 2.84. The quantitative estimate of drug-likeness (QED) is 0.744. The van der Waals surface area contributed by atoms with Gasteiger partial charge in [0.25, 0.3) is 0 Å². The third kappa shape index (κ3) is 2.68. The Morgan fingerprint density at radius 1 is 1.53 bits per heavy atom. The van der Waals surface area contributed by atoms with Gasteiger partial charge in [-0.1, -0.05) is 0 Å². The molecule has 0 N–H and O–H groups in total. The Labute approximate surface area is 91.4 Å². The number of esters is 1. The second-order valence-corrected chi connectivity index (χ2v) is 3.39. The molecule has 1 heterocycles. The molecule has 0 unspecified atom stereocenters. The number of methoxy groups -OCH3 is 1. The van der Waals surface area contributed by atoms with Crippen LogP contribution in [0, 0.1) is 0 Å². The standard InChI is InChI=1S/C8H5BrF3NO2/c1-15-7(14)4-3-13-6(2-5(4)9)8(10,11)12/h2-3H,1H3. The fourth-order valence-electron chi connectivity index (χ4n) is 0.846. The summed E-state index contributed by atoms with van der Waals surface area (Å²) in [5.74, 6) is -0.747. The Hall–Kier alpha value is -1.11. The largest absolute Gasteiger partial charge is 0.465 e. The van der Waals surface area contributed by atoms with Crippen molar-refractivity contribution in [2.45, 2.75) is 6.18 Å². The highest BCUT2D eigenvalue weighted by atomic mass is 79.9. The summed E-state index contributed by atoms with van der Waals surface area (Å²) in [6, 6.07) is 0.728. The predicted octanol–water partition coefficient (Wildman–Crippen LogP) is 2.65. The third-order valence-electron chi connectivity index (χ3n) is 1.55. The lowest BCUT2D eigenvalue weighted by Gasteiger charge is -2.07. The zero-order chi connectivity index (χ0) is 11.6. The smallest absolute Gasteiger partial charge is 0.433 e. The molecular formula is C8H5BrF3NO2. The first-order chi connectivity index (χ1) is 6.86. The minimum atomic E-state index is -4.53. The van der Waals surface area contributed by atoms with Crippen molar-refractivity contribution >= 4 is 21.9 Å². The highest BCUT2D eigenvalue weighted by Gasteiger charge is 2.33. The number of ether oxygens (including phenoxy) is 1. The second kappa shape index (κ2) is 4.18. The Kier molecular flexibility index (Phi) is 3.33. The van der Waals surface area contributed by atoms with Gasteiger partial charge in [-0.15, -0.1) is 0 Å². The molecule has 0 aliphatic heterocycles. The molecule has 0 atom stereocenters. The molecule has 3 nitrogen and oxygen atoms in total. The Morgan fingerprint density at radius 2 is 2.13 bits per heavy atom. The van der Waals surface area contributed by atoms with Crippen molar-refractivity contribution in [3.8, 4) is 0 Å². The fourth-order valence-corrected chi connectivity index (χ4v) is 1.33. The molecule has 0 aromatic carbocycles. The summed E-state index contributed by atoms with van der Waals surface area (Å²) in [6.07, 6.45) is -3.71. The van der Waals surface area contributed by atoms with E-state index in [0.29, 0.717) is 0 Å². The minimum Gasteiger partial charge on any atom is -0.465 e. The molecule has 0 aliphatic carbocycles. The number of aromatic nitrogens is 1. The first-order valence-corrected chi connectivity index (χ1v) is 4.46. The van der Waals surface area contributed by atoms with Crippen LogP contribution in [0.15, 0.2) is 16.7 Å². The van der Waals surface area contributed by atoms with Gasteiger partial charge >= 0.3 is 12.1 Å². The van der Waals surface area contributed by atoms with Crippen molar-refractivity contribution in [2.24, 2.45) is 0 Å². The lowest BCUT2D eigenvalue weighted by molar-refractivity contribution is -0.141. The first-order valence-electron chi connectivity index (χ1n) is 3.67. The highest BCUT2D eigenvalue weighted by molar-refractivity contribution is 9.10. The number of hydrogen-bond acceptors (Lipinski definition) is 3. The van der Waals surface area contributed by atoms with E-state index < -0.39 is 17.8 Å². The molecule has 0 saturated carbocycles. The summed E-state index contributed by atoms with van der Waals surface area (Å²) in [5, 5.41) is 0. The summed E-state index contributed by atoms with van der Waals surface area (Å²) in [6.45, 7) is 0. The molecule has 0 bridgehead atoms. The molecule has 1 aromatic rings. The van der Waals surface area contributed by atoms with Crippen LogP contribution in [0.2, 0.25) is 0 Å². The van der Waals surface area contributed by atoms with Crippen LogP contribution >= 0.6 is 15.9 Å². The predicted molar refractivity (Wildman–Crippen MR) is 48.3 cm³/mol.